The van der Waals surface area contributed by atoms with Crippen LogP contribution in [0.2, 0.25) is 0 Å². The highest BCUT2D eigenvalue weighted by atomic mass is 16.5. The molecule has 2 aromatic rings. The topological polar surface area (TPSA) is 54.7 Å². The zero-order valence-corrected chi connectivity index (χ0v) is 16.9. The smallest absolute Gasteiger partial charge is 0.287 e. The number of ether oxygens (including phenoxy) is 1. The van der Waals surface area contributed by atoms with E-state index < -0.39 is 0 Å². The van der Waals surface area contributed by atoms with Gasteiger partial charge in [-0.2, -0.15) is 0 Å². The SMILES string of the molecule is Cc1cc(C)cc(CN2CCC3(CC[C@H](CNC(=O)c4ccco4)O3)CC2)c1. The standard InChI is InChI=1S/C23H30N2O3/c1-17-12-18(2)14-19(13-17)16-25-9-7-23(8-10-25)6-5-20(28-23)15-24-22(26)21-4-3-11-27-21/h3-4,11-14,20H,5-10,15-16H2,1-2H3,(H,24,26)/t20-/m1/s1. The second-order valence-corrected chi connectivity index (χ2v) is 8.42. The van der Waals surface area contributed by atoms with Gasteiger partial charge in [0.2, 0.25) is 0 Å². The summed E-state index contributed by atoms with van der Waals surface area (Å²) in [7, 11) is 0. The summed E-state index contributed by atoms with van der Waals surface area (Å²) in [5, 5.41) is 2.93. The molecule has 1 N–H and O–H groups in total. The Morgan fingerprint density at radius 1 is 1.18 bits per heavy atom. The van der Waals surface area contributed by atoms with Crippen LogP contribution in [0.1, 0.15) is 52.9 Å². The van der Waals surface area contributed by atoms with Crippen LogP contribution >= 0.6 is 0 Å². The summed E-state index contributed by atoms with van der Waals surface area (Å²) in [5.41, 5.74) is 4.07. The molecule has 0 radical (unpaired) electrons. The average molecular weight is 383 g/mol. The quantitative estimate of drug-likeness (QED) is 0.854. The van der Waals surface area contributed by atoms with E-state index in [-0.39, 0.29) is 17.6 Å². The Morgan fingerprint density at radius 3 is 2.61 bits per heavy atom. The van der Waals surface area contributed by atoms with Crippen molar-refractivity contribution < 1.29 is 13.9 Å². The number of carbonyl (C=O) groups is 1. The highest BCUT2D eigenvalue weighted by Crippen LogP contribution is 2.39. The molecule has 0 unspecified atom stereocenters. The van der Waals surface area contributed by atoms with Gasteiger partial charge in [0.05, 0.1) is 18.0 Å². The highest BCUT2D eigenvalue weighted by molar-refractivity contribution is 5.91. The molecule has 3 heterocycles. The molecule has 5 nitrogen and oxygen atoms in total. The first-order chi connectivity index (χ1) is 13.5. The van der Waals surface area contributed by atoms with Crippen molar-refractivity contribution >= 4 is 5.91 Å². The first-order valence-corrected chi connectivity index (χ1v) is 10.3. The largest absolute Gasteiger partial charge is 0.459 e. The van der Waals surface area contributed by atoms with Gasteiger partial charge in [0.15, 0.2) is 5.76 Å². The van der Waals surface area contributed by atoms with Crippen LogP contribution in [-0.2, 0) is 11.3 Å². The number of furan rings is 1. The molecule has 0 bridgehead atoms. The normalized spacial score (nSPS) is 21.9. The Labute approximate surface area is 167 Å². The molecule has 1 aromatic heterocycles. The molecular weight excluding hydrogens is 352 g/mol. The van der Waals surface area contributed by atoms with Gasteiger partial charge < -0.3 is 14.5 Å². The van der Waals surface area contributed by atoms with Crippen molar-refractivity contribution in [2.45, 2.75) is 57.8 Å². The lowest BCUT2D eigenvalue weighted by atomic mass is 9.88. The Hall–Kier alpha value is -2.11. The average Bonchev–Trinajstić information content (AvgIpc) is 3.32. The van der Waals surface area contributed by atoms with Crippen molar-refractivity contribution in [3.05, 3.63) is 59.0 Å². The molecule has 4 rings (SSSR count). The van der Waals surface area contributed by atoms with Crippen LogP contribution in [0.3, 0.4) is 0 Å². The molecule has 5 heteroatoms. The second-order valence-electron chi connectivity index (χ2n) is 8.42. The maximum absolute atomic E-state index is 12.0. The minimum Gasteiger partial charge on any atom is -0.459 e. The Morgan fingerprint density at radius 2 is 1.93 bits per heavy atom. The zero-order chi connectivity index (χ0) is 19.6. The number of piperidine rings is 1. The van der Waals surface area contributed by atoms with Crippen molar-refractivity contribution in [3.63, 3.8) is 0 Å². The van der Waals surface area contributed by atoms with E-state index >= 15 is 0 Å². The number of aryl methyl sites for hydroxylation is 2. The third-order valence-electron chi connectivity index (χ3n) is 6.03. The lowest BCUT2D eigenvalue weighted by Gasteiger charge is -2.39. The van der Waals surface area contributed by atoms with Crippen molar-refractivity contribution in [1.29, 1.82) is 0 Å². The van der Waals surface area contributed by atoms with Gasteiger partial charge in [-0.15, -0.1) is 0 Å². The fourth-order valence-electron chi connectivity index (χ4n) is 4.65. The Balaban J connectivity index is 1.25. The fourth-order valence-corrected chi connectivity index (χ4v) is 4.65. The number of nitrogens with zero attached hydrogens (tertiary/aromatic N) is 1. The van der Waals surface area contributed by atoms with Gasteiger partial charge in [0.25, 0.3) is 5.91 Å². The summed E-state index contributed by atoms with van der Waals surface area (Å²) >= 11 is 0. The molecule has 150 valence electrons. The summed E-state index contributed by atoms with van der Waals surface area (Å²) in [6, 6.07) is 10.2. The first-order valence-electron chi connectivity index (χ1n) is 10.3. The number of rotatable bonds is 5. The Kier molecular flexibility index (Phi) is 5.56. The minimum absolute atomic E-state index is 0.000895. The van der Waals surface area contributed by atoms with Gasteiger partial charge in [0, 0.05) is 26.2 Å². The molecular formula is C23H30N2O3. The molecule has 2 saturated heterocycles. The van der Waals surface area contributed by atoms with Crippen molar-refractivity contribution in [1.82, 2.24) is 10.2 Å². The number of hydrogen-bond acceptors (Lipinski definition) is 4. The zero-order valence-electron chi connectivity index (χ0n) is 16.9. The third-order valence-corrected chi connectivity index (χ3v) is 6.03. The second kappa shape index (κ2) is 8.10. The molecule has 2 aliphatic heterocycles. The third kappa shape index (κ3) is 4.47. The van der Waals surface area contributed by atoms with Gasteiger partial charge in [-0.1, -0.05) is 29.3 Å². The number of benzene rings is 1. The van der Waals surface area contributed by atoms with E-state index in [4.69, 9.17) is 9.15 Å². The Bertz CT molecular complexity index is 787. The molecule has 0 aliphatic carbocycles. The van der Waals surface area contributed by atoms with E-state index in [2.05, 4.69) is 42.3 Å². The first kappa shape index (κ1) is 19.2. The van der Waals surface area contributed by atoms with Crippen LogP contribution in [0.25, 0.3) is 0 Å². The van der Waals surface area contributed by atoms with Crippen LogP contribution < -0.4 is 5.32 Å². The molecule has 2 aliphatic rings. The van der Waals surface area contributed by atoms with Crippen molar-refractivity contribution in [2.75, 3.05) is 19.6 Å². The van der Waals surface area contributed by atoms with Crippen LogP contribution in [0, 0.1) is 13.8 Å². The van der Waals surface area contributed by atoms with Gasteiger partial charge >= 0.3 is 0 Å². The predicted octanol–water partition coefficient (Wildman–Crippen LogP) is 3.84. The van der Waals surface area contributed by atoms with Crippen LogP contribution in [0.4, 0.5) is 0 Å². The number of amides is 1. The molecule has 1 amide bonds. The van der Waals surface area contributed by atoms with Crippen LogP contribution in [-0.4, -0.2) is 42.1 Å². The van der Waals surface area contributed by atoms with E-state index in [9.17, 15) is 4.79 Å². The van der Waals surface area contributed by atoms with Gasteiger partial charge in [-0.25, -0.2) is 0 Å². The maximum atomic E-state index is 12.0. The lowest BCUT2D eigenvalue weighted by Crippen LogP contribution is -2.44. The van der Waals surface area contributed by atoms with Gasteiger partial charge in [0.1, 0.15) is 0 Å². The van der Waals surface area contributed by atoms with Crippen LogP contribution in [0.15, 0.2) is 41.0 Å². The fraction of sp³-hybridized carbons (Fsp3) is 0.522. The van der Waals surface area contributed by atoms with E-state index in [1.807, 2.05) is 0 Å². The lowest BCUT2D eigenvalue weighted by molar-refractivity contribution is -0.0764. The van der Waals surface area contributed by atoms with Crippen LogP contribution in [0.5, 0.6) is 0 Å². The van der Waals surface area contributed by atoms with E-state index in [0.29, 0.717) is 12.3 Å². The number of nitrogens with one attached hydrogen (secondary N) is 1. The summed E-state index contributed by atoms with van der Waals surface area (Å²) in [4.78, 5) is 14.6. The minimum atomic E-state index is -0.169. The molecule has 1 atom stereocenters. The van der Waals surface area contributed by atoms with Gasteiger partial charge in [-0.3, -0.25) is 9.69 Å². The van der Waals surface area contributed by atoms with Crippen molar-refractivity contribution in [3.8, 4) is 0 Å². The van der Waals surface area contributed by atoms with E-state index in [0.717, 1.165) is 45.3 Å². The summed E-state index contributed by atoms with van der Waals surface area (Å²) in [5.74, 6) is 0.185. The molecule has 0 saturated carbocycles. The number of hydrogen-bond donors (Lipinski definition) is 1. The maximum Gasteiger partial charge on any atom is 0.287 e. The predicted molar refractivity (Wildman–Crippen MR) is 108 cm³/mol. The summed E-state index contributed by atoms with van der Waals surface area (Å²) in [6.07, 6.45) is 5.86. The molecule has 2 fully saturated rings. The van der Waals surface area contributed by atoms with E-state index in [1.54, 1.807) is 12.1 Å². The summed E-state index contributed by atoms with van der Waals surface area (Å²) in [6.45, 7) is 8.03. The summed E-state index contributed by atoms with van der Waals surface area (Å²) < 4.78 is 11.6. The van der Waals surface area contributed by atoms with E-state index in [1.165, 1.54) is 23.0 Å². The monoisotopic (exact) mass is 382 g/mol. The number of carbonyl (C=O) groups excluding carboxylic acids is 1. The van der Waals surface area contributed by atoms with Gasteiger partial charge in [-0.05, 0) is 57.2 Å². The highest BCUT2D eigenvalue weighted by Gasteiger charge is 2.42. The number of likely N-dealkylation sites (tertiary alicyclic amines) is 1. The molecule has 28 heavy (non-hydrogen) atoms. The van der Waals surface area contributed by atoms with Crippen molar-refractivity contribution in [2.24, 2.45) is 0 Å². The molecule has 1 aromatic carbocycles. The molecule has 1 spiro atoms.